The Bertz CT molecular complexity index is 780. The minimum Gasteiger partial charge on any atom is -0.289 e. The lowest BCUT2D eigenvalue weighted by atomic mass is 9.92. The molecule has 0 radical (unpaired) electrons. The summed E-state index contributed by atoms with van der Waals surface area (Å²) in [7, 11) is 0. The zero-order valence-corrected chi connectivity index (χ0v) is 11.6. The highest BCUT2D eigenvalue weighted by Crippen LogP contribution is 2.23. The Kier molecular flexibility index (Phi) is 3.07. The molecule has 0 fully saturated rings. The molecule has 0 amide bonds. The fourth-order valence-corrected chi connectivity index (χ4v) is 2.63. The number of rotatable bonds is 2. The Morgan fingerprint density at radius 1 is 0.950 bits per heavy atom. The lowest BCUT2D eigenvalue weighted by Crippen LogP contribution is -2.06. The van der Waals surface area contributed by atoms with Crippen molar-refractivity contribution in [1.82, 2.24) is 4.98 Å². The summed E-state index contributed by atoms with van der Waals surface area (Å²) in [5, 5.41) is 1.94. The first-order chi connectivity index (χ1) is 9.68. The van der Waals surface area contributed by atoms with Crippen LogP contribution in [0.5, 0.6) is 0 Å². The van der Waals surface area contributed by atoms with Crippen molar-refractivity contribution in [3.8, 4) is 0 Å². The summed E-state index contributed by atoms with van der Waals surface area (Å²) in [6, 6.07) is 13.6. The molecule has 1 aromatic heterocycles. The van der Waals surface area contributed by atoms with Gasteiger partial charge in [0.2, 0.25) is 0 Å². The summed E-state index contributed by atoms with van der Waals surface area (Å²) in [5.41, 5.74) is 3.57. The highest BCUT2D eigenvalue weighted by molar-refractivity contribution is 6.17. The first-order valence-corrected chi connectivity index (χ1v) is 6.62. The van der Waals surface area contributed by atoms with Crippen molar-refractivity contribution in [3.05, 3.63) is 77.1 Å². The zero-order valence-electron chi connectivity index (χ0n) is 11.6. The van der Waals surface area contributed by atoms with Crippen molar-refractivity contribution in [3.63, 3.8) is 0 Å². The number of hydrogen-bond acceptors (Lipinski definition) is 2. The van der Waals surface area contributed by atoms with Gasteiger partial charge in [-0.05, 0) is 36.4 Å². The van der Waals surface area contributed by atoms with Gasteiger partial charge < -0.3 is 0 Å². The number of nitrogens with zero attached hydrogens (tertiary/aromatic N) is 1. The maximum atomic E-state index is 12.9. The van der Waals surface area contributed by atoms with Crippen LogP contribution >= 0.6 is 0 Å². The maximum absolute atomic E-state index is 12.9. The third-order valence-electron chi connectivity index (χ3n) is 3.63. The van der Waals surface area contributed by atoms with E-state index in [-0.39, 0.29) is 5.78 Å². The Labute approximate surface area is 118 Å². The van der Waals surface area contributed by atoms with Crippen molar-refractivity contribution in [1.29, 1.82) is 0 Å². The molecule has 0 N–H and O–H groups in total. The summed E-state index contributed by atoms with van der Waals surface area (Å²) in [4.78, 5) is 17.0. The molecule has 2 heteroatoms. The number of benzene rings is 2. The molecule has 2 nitrogen and oxygen atoms in total. The number of aryl methyl sites for hydroxylation is 2. The van der Waals surface area contributed by atoms with Gasteiger partial charge in [0.25, 0.3) is 0 Å². The van der Waals surface area contributed by atoms with Gasteiger partial charge in [-0.1, -0.05) is 36.4 Å². The van der Waals surface area contributed by atoms with Crippen molar-refractivity contribution >= 4 is 16.6 Å². The summed E-state index contributed by atoms with van der Waals surface area (Å²) in [5.74, 6) is 0.0809. The SMILES string of the molecule is Cc1cccc(C)c1C(=O)c1cccc2cnccc12. The number of pyridine rings is 1. The van der Waals surface area contributed by atoms with Gasteiger partial charge in [-0.2, -0.15) is 0 Å². The fourth-order valence-electron chi connectivity index (χ4n) is 2.63. The van der Waals surface area contributed by atoms with E-state index in [4.69, 9.17) is 0 Å². The van der Waals surface area contributed by atoms with E-state index >= 15 is 0 Å². The summed E-state index contributed by atoms with van der Waals surface area (Å²) < 4.78 is 0. The standard InChI is InChI=1S/C18H15NO/c1-12-5-3-6-13(2)17(12)18(20)16-8-4-7-14-11-19-10-9-15(14)16/h3-11H,1-2H3. The average molecular weight is 261 g/mol. The van der Waals surface area contributed by atoms with Gasteiger partial charge in [0.05, 0.1) is 0 Å². The van der Waals surface area contributed by atoms with Gasteiger partial charge in [0.15, 0.2) is 5.78 Å². The van der Waals surface area contributed by atoms with Crippen LogP contribution in [0.1, 0.15) is 27.0 Å². The number of ketones is 1. The average Bonchev–Trinajstić information content (AvgIpc) is 2.46. The first-order valence-electron chi connectivity index (χ1n) is 6.62. The molecule has 98 valence electrons. The fraction of sp³-hybridized carbons (Fsp3) is 0.111. The van der Waals surface area contributed by atoms with E-state index in [9.17, 15) is 4.79 Å². The monoisotopic (exact) mass is 261 g/mol. The predicted molar refractivity (Wildman–Crippen MR) is 81.1 cm³/mol. The van der Waals surface area contributed by atoms with Crippen molar-refractivity contribution < 1.29 is 4.79 Å². The number of carbonyl (C=O) groups is 1. The molecule has 0 saturated carbocycles. The number of fused-ring (bicyclic) bond motifs is 1. The van der Waals surface area contributed by atoms with Crippen LogP contribution in [-0.2, 0) is 0 Å². The molecule has 3 aromatic rings. The summed E-state index contributed by atoms with van der Waals surface area (Å²) in [6.07, 6.45) is 3.51. The Hall–Kier alpha value is -2.48. The largest absolute Gasteiger partial charge is 0.289 e. The van der Waals surface area contributed by atoms with Crippen LogP contribution in [-0.4, -0.2) is 10.8 Å². The topological polar surface area (TPSA) is 30.0 Å². The molecule has 0 spiro atoms. The summed E-state index contributed by atoms with van der Waals surface area (Å²) >= 11 is 0. The normalized spacial score (nSPS) is 10.7. The summed E-state index contributed by atoms with van der Waals surface area (Å²) in [6.45, 7) is 3.96. The van der Waals surface area contributed by atoms with Crippen LogP contribution in [0.4, 0.5) is 0 Å². The molecule has 0 aliphatic rings. The maximum Gasteiger partial charge on any atom is 0.194 e. The van der Waals surface area contributed by atoms with E-state index in [0.29, 0.717) is 0 Å². The van der Waals surface area contributed by atoms with Crippen molar-refractivity contribution in [2.24, 2.45) is 0 Å². The minimum absolute atomic E-state index is 0.0809. The Balaban J connectivity index is 2.24. The van der Waals surface area contributed by atoms with E-state index < -0.39 is 0 Å². The van der Waals surface area contributed by atoms with Crippen LogP contribution < -0.4 is 0 Å². The molecule has 2 aromatic carbocycles. The van der Waals surface area contributed by atoms with Crippen LogP contribution in [0, 0.1) is 13.8 Å². The molecule has 0 aliphatic heterocycles. The molecular weight excluding hydrogens is 246 g/mol. The minimum atomic E-state index is 0.0809. The number of hydrogen-bond donors (Lipinski definition) is 0. The van der Waals surface area contributed by atoms with Gasteiger partial charge in [0, 0.05) is 28.9 Å². The second kappa shape index (κ2) is 4.89. The molecule has 1 heterocycles. The van der Waals surface area contributed by atoms with E-state index in [1.165, 1.54) is 0 Å². The molecular formula is C18H15NO. The number of aromatic nitrogens is 1. The Morgan fingerprint density at radius 2 is 1.65 bits per heavy atom. The van der Waals surface area contributed by atoms with Gasteiger partial charge in [-0.25, -0.2) is 0 Å². The van der Waals surface area contributed by atoms with Crippen LogP contribution in [0.15, 0.2) is 54.9 Å². The first kappa shape index (κ1) is 12.5. The third-order valence-corrected chi connectivity index (χ3v) is 3.63. The second-order valence-electron chi connectivity index (χ2n) is 5.00. The van der Waals surface area contributed by atoms with E-state index in [2.05, 4.69) is 4.98 Å². The lowest BCUT2D eigenvalue weighted by molar-refractivity contribution is 0.103. The van der Waals surface area contributed by atoms with Crippen molar-refractivity contribution in [2.45, 2.75) is 13.8 Å². The lowest BCUT2D eigenvalue weighted by Gasteiger charge is -2.10. The predicted octanol–water partition coefficient (Wildman–Crippen LogP) is 4.08. The number of carbonyl (C=O) groups excluding carboxylic acids is 1. The third kappa shape index (κ3) is 1.99. The van der Waals surface area contributed by atoms with E-state index in [1.54, 1.807) is 12.4 Å². The Morgan fingerprint density at radius 3 is 2.40 bits per heavy atom. The quantitative estimate of drug-likeness (QED) is 0.650. The van der Waals surface area contributed by atoms with E-state index in [1.807, 2.05) is 56.3 Å². The molecule has 0 saturated heterocycles. The van der Waals surface area contributed by atoms with Crippen LogP contribution in [0.2, 0.25) is 0 Å². The molecule has 0 atom stereocenters. The molecule has 0 unspecified atom stereocenters. The van der Waals surface area contributed by atoms with Crippen LogP contribution in [0.3, 0.4) is 0 Å². The van der Waals surface area contributed by atoms with Crippen LogP contribution in [0.25, 0.3) is 10.8 Å². The smallest absolute Gasteiger partial charge is 0.194 e. The van der Waals surface area contributed by atoms with Gasteiger partial charge >= 0.3 is 0 Å². The van der Waals surface area contributed by atoms with Gasteiger partial charge in [-0.3, -0.25) is 9.78 Å². The van der Waals surface area contributed by atoms with Gasteiger partial charge in [0.1, 0.15) is 0 Å². The highest BCUT2D eigenvalue weighted by atomic mass is 16.1. The van der Waals surface area contributed by atoms with Gasteiger partial charge in [-0.15, -0.1) is 0 Å². The van der Waals surface area contributed by atoms with E-state index in [0.717, 1.165) is 33.0 Å². The molecule has 0 aliphatic carbocycles. The second-order valence-corrected chi connectivity index (χ2v) is 5.00. The highest BCUT2D eigenvalue weighted by Gasteiger charge is 2.16. The molecule has 3 rings (SSSR count). The van der Waals surface area contributed by atoms with Crippen molar-refractivity contribution in [2.75, 3.05) is 0 Å². The zero-order chi connectivity index (χ0) is 14.1. The molecule has 0 bridgehead atoms. The molecule has 20 heavy (non-hydrogen) atoms.